The maximum absolute atomic E-state index is 10.3. The van der Waals surface area contributed by atoms with Crippen molar-refractivity contribution in [3.8, 4) is 0 Å². The van der Waals surface area contributed by atoms with Crippen LogP contribution in [0.15, 0.2) is 0 Å². The smallest absolute Gasteiger partial charge is 0.0905 e. The van der Waals surface area contributed by atoms with E-state index in [0.717, 1.165) is 25.7 Å². The van der Waals surface area contributed by atoms with Gasteiger partial charge in [0.2, 0.25) is 0 Å². The van der Waals surface area contributed by atoms with E-state index in [1.165, 1.54) is 0 Å². The molecule has 1 atom stereocenters. The molecule has 2 N–H and O–H groups in total. The van der Waals surface area contributed by atoms with Gasteiger partial charge in [-0.1, -0.05) is 20.8 Å². The Morgan fingerprint density at radius 3 is 2.21 bits per heavy atom. The lowest BCUT2D eigenvalue weighted by Gasteiger charge is -2.39. The first-order valence-corrected chi connectivity index (χ1v) is 5.84. The predicted molar refractivity (Wildman–Crippen MR) is 58.0 cm³/mol. The monoisotopic (exact) mass is 200 g/mol. The summed E-state index contributed by atoms with van der Waals surface area (Å²) < 4.78 is 0. The molecule has 0 radical (unpaired) electrons. The maximum atomic E-state index is 10.3. The van der Waals surface area contributed by atoms with E-state index in [-0.39, 0.29) is 0 Å². The highest BCUT2D eigenvalue weighted by Gasteiger charge is 2.38. The third-order valence-corrected chi connectivity index (χ3v) is 3.46. The lowest BCUT2D eigenvalue weighted by Crippen LogP contribution is -2.45. The Kier molecular flexibility index (Phi) is 3.96. The van der Waals surface area contributed by atoms with Crippen molar-refractivity contribution in [1.82, 2.24) is 0 Å². The summed E-state index contributed by atoms with van der Waals surface area (Å²) in [7, 11) is 0. The molecule has 0 heterocycles. The fraction of sp³-hybridized carbons (Fsp3) is 1.00. The highest BCUT2D eigenvalue weighted by molar-refractivity contribution is 4.90. The van der Waals surface area contributed by atoms with E-state index in [2.05, 4.69) is 20.8 Å². The first-order chi connectivity index (χ1) is 6.44. The molecule has 2 nitrogen and oxygen atoms in total. The molecule has 0 aromatic rings. The van der Waals surface area contributed by atoms with Crippen LogP contribution < -0.4 is 0 Å². The Balaban J connectivity index is 2.48. The van der Waals surface area contributed by atoms with Crippen molar-refractivity contribution in [2.75, 3.05) is 0 Å². The third-order valence-electron chi connectivity index (χ3n) is 3.46. The van der Waals surface area contributed by atoms with Gasteiger partial charge in [-0.2, -0.15) is 0 Å². The Bertz CT molecular complexity index is 169. The molecule has 84 valence electrons. The van der Waals surface area contributed by atoms with Crippen LogP contribution in [0.4, 0.5) is 0 Å². The van der Waals surface area contributed by atoms with E-state index in [1.807, 2.05) is 0 Å². The summed E-state index contributed by atoms with van der Waals surface area (Å²) in [5, 5.41) is 20.2. The van der Waals surface area contributed by atoms with Gasteiger partial charge in [0.1, 0.15) is 0 Å². The molecule has 1 fully saturated rings. The van der Waals surface area contributed by atoms with Gasteiger partial charge in [0.05, 0.1) is 11.7 Å². The van der Waals surface area contributed by atoms with Gasteiger partial charge in [0.15, 0.2) is 0 Å². The van der Waals surface area contributed by atoms with Crippen molar-refractivity contribution in [3.63, 3.8) is 0 Å². The van der Waals surface area contributed by atoms with E-state index in [9.17, 15) is 10.2 Å². The maximum Gasteiger partial charge on any atom is 0.0905 e. The summed E-state index contributed by atoms with van der Waals surface area (Å²) in [6.45, 7) is 6.38. The van der Waals surface area contributed by atoms with Crippen LogP contribution in [-0.4, -0.2) is 21.9 Å². The van der Waals surface area contributed by atoms with Crippen molar-refractivity contribution < 1.29 is 10.2 Å². The molecular weight excluding hydrogens is 176 g/mol. The fourth-order valence-electron chi connectivity index (χ4n) is 2.26. The van der Waals surface area contributed by atoms with Crippen LogP contribution in [0.3, 0.4) is 0 Å². The molecule has 14 heavy (non-hydrogen) atoms. The highest BCUT2D eigenvalue weighted by atomic mass is 16.3. The first-order valence-electron chi connectivity index (χ1n) is 5.84. The summed E-state index contributed by atoms with van der Waals surface area (Å²) in [4.78, 5) is 0. The molecule has 0 saturated heterocycles. The van der Waals surface area contributed by atoms with Gasteiger partial charge in [-0.3, -0.25) is 0 Å². The van der Waals surface area contributed by atoms with Gasteiger partial charge in [-0.05, 0) is 43.9 Å². The highest BCUT2D eigenvalue weighted by Crippen LogP contribution is 2.35. The summed E-state index contributed by atoms with van der Waals surface area (Å²) in [6, 6.07) is 0. The number of aliphatic hydroxyl groups is 2. The predicted octanol–water partition coefficient (Wildman–Crippen LogP) is 2.33. The van der Waals surface area contributed by atoms with Crippen molar-refractivity contribution in [2.45, 2.75) is 64.6 Å². The van der Waals surface area contributed by atoms with E-state index in [1.54, 1.807) is 0 Å². The molecule has 0 aliphatic heterocycles. The Hall–Kier alpha value is -0.0800. The van der Waals surface area contributed by atoms with Gasteiger partial charge in [0, 0.05) is 0 Å². The Labute approximate surface area is 87.3 Å². The van der Waals surface area contributed by atoms with E-state index < -0.39 is 11.7 Å². The van der Waals surface area contributed by atoms with Crippen molar-refractivity contribution in [3.05, 3.63) is 0 Å². The van der Waals surface area contributed by atoms with Gasteiger partial charge >= 0.3 is 0 Å². The fourth-order valence-corrected chi connectivity index (χ4v) is 2.26. The topological polar surface area (TPSA) is 40.5 Å². The first kappa shape index (κ1) is 12.0. The second-order valence-electron chi connectivity index (χ2n) is 5.43. The van der Waals surface area contributed by atoms with Gasteiger partial charge in [-0.25, -0.2) is 0 Å². The zero-order valence-corrected chi connectivity index (χ0v) is 9.66. The van der Waals surface area contributed by atoms with Gasteiger partial charge < -0.3 is 10.2 Å². The molecule has 1 rings (SSSR count). The molecule has 0 bridgehead atoms. The van der Waals surface area contributed by atoms with Crippen LogP contribution in [0, 0.1) is 11.8 Å². The molecule has 0 aromatic heterocycles. The molecule has 0 amide bonds. The van der Waals surface area contributed by atoms with E-state index >= 15 is 0 Å². The molecule has 0 spiro atoms. The van der Waals surface area contributed by atoms with Crippen molar-refractivity contribution >= 4 is 0 Å². The van der Waals surface area contributed by atoms with Crippen LogP contribution in [-0.2, 0) is 0 Å². The standard InChI is InChI=1S/C12H24O2/c1-9(2)8-11(13)12(14)6-4-10(3)5-7-12/h9-11,13-14H,4-8H2,1-3H3. The van der Waals surface area contributed by atoms with Crippen LogP contribution in [0.5, 0.6) is 0 Å². The minimum Gasteiger partial charge on any atom is -0.390 e. The van der Waals surface area contributed by atoms with Crippen LogP contribution in [0.25, 0.3) is 0 Å². The summed E-state index contributed by atoms with van der Waals surface area (Å²) in [5.41, 5.74) is -0.795. The minimum absolute atomic E-state index is 0.452. The van der Waals surface area contributed by atoms with E-state index in [4.69, 9.17) is 0 Å². The summed E-state index contributed by atoms with van der Waals surface area (Å²) in [6.07, 6.45) is 3.81. The van der Waals surface area contributed by atoms with Crippen LogP contribution in [0.1, 0.15) is 52.9 Å². The quantitative estimate of drug-likeness (QED) is 0.734. The van der Waals surface area contributed by atoms with Crippen molar-refractivity contribution in [1.29, 1.82) is 0 Å². The molecule has 2 heteroatoms. The lowest BCUT2D eigenvalue weighted by atomic mass is 9.75. The van der Waals surface area contributed by atoms with Crippen molar-refractivity contribution in [2.24, 2.45) is 11.8 Å². The zero-order valence-electron chi connectivity index (χ0n) is 9.66. The average molecular weight is 200 g/mol. The molecule has 1 aliphatic carbocycles. The second-order valence-corrected chi connectivity index (χ2v) is 5.43. The largest absolute Gasteiger partial charge is 0.390 e. The number of rotatable bonds is 3. The summed E-state index contributed by atoms with van der Waals surface area (Å²) >= 11 is 0. The third kappa shape index (κ3) is 2.96. The number of hydrogen-bond donors (Lipinski definition) is 2. The molecule has 1 unspecified atom stereocenters. The Morgan fingerprint density at radius 2 is 1.79 bits per heavy atom. The molecule has 0 aromatic carbocycles. The number of aliphatic hydroxyl groups excluding tert-OH is 1. The van der Waals surface area contributed by atoms with Gasteiger partial charge in [-0.15, -0.1) is 0 Å². The van der Waals surface area contributed by atoms with Gasteiger partial charge in [0.25, 0.3) is 0 Å². The zero-order chi connectivity index (χ0) is 10.8. The molecule has 1 aliphatic rings. The van der Waals surface area contributed by atoms with Crippen LogP contribution >= 0.6 is 0 Å². The van der Waals surface area contributed by atoms with E-state index in [0.29, 0.717) is 18.3 Å². The normalized spacial score (nSPS) is 36.0. The lowest BCUT2D eigenvalue weighted by molar-refractivity contribution is -0.109. The minimum atomic E-state index is -0.795. The SMILES string of the molecule is CC(C)CC(O)C1(O)CCC(C)CC1. The van der Waals surface area contributed by atoms with Crippen LogP contribution in [0.2, 0.25) is 0 Å². The Morgan fingerprint density at radius 1 is 1.29 bits per heavy atom. The molecule has 1 saturated carbocycles. The second kappa shape index (κ2) is 4.63. The molecular formula is C12H24O2. The average Bonchev–Trinajstić information content (AvgIpc) is 2.09. The summed E-state index contributed by atoms with van der Waals surface area (Å²) in [5.74, 6) is 1.16. The number of hydrogen-bond acceptors (Lipinski definition) is 2.